The maximum absolute atomic E-state index is 10.7. The van der Waals surface area contributed by atoms with Crippen molar-refractivity contribution in [3.63, 3.8) is 0 Å². The van der Waals surface area contributed by atoms with E-state index in [0.717, 1.165) is 6.07 Å². The predicted octanol–water partition coefficient (Wildman–Crippen LogP) is 2.92. The molecule has 82 valence electrons. The minimum absolute atomic E-state index is 0.0146. The Kier molecular flexibility index (Phi) is 3.60. The van der Waals surface area contributed by atoms with Gasteiger partial charge in [-0.05, 0) is 0 Å². The van der Waals surface area contributed by atoms with Crippen molar-refractivity contribution in [2.45, 2.75) is 0 Å². The molecule has 0 heterocycles. The second-order valence-corrected chi connectivity index (χ2v) is 3.30. The second-order valence-electron chi connectivity index (χ2n) is 2.52. The van der Waals surface area contributed by atoms with Crippen LogP contribution in [0, 0.1) is 10.1 Å². The Morgan fingerprint density at radius 3 is 2.20 bits per heavy atom. The van der Waals surface area contributed by atoms with Crippen LogP contribution in [-0.2, 0) is 0 Å². The van der Waals surface area contributed by atoms with Crippen LogP contribution in [0.25, 0.3) is 0 Å². The molecule has 0 spiro atoms. The predicted molar refractivity (Wildman–Crippen MR) is 56.2 cm³/mol. The molecule has 0 bridgehead atoms. The van der Waals surface area contributed by atoms with Crippen molar-refractivity contribution in [1.29, 1.82) is 0 Å². The van der Waals surface area contributed by atoms with E-state index < -0.39 is 4.92 Å². The zero-order chi connectivity index (χ0) is 11.6. The quantitative estimate of drug-likeness (QED) is 0.612. The third-order valence-electron chi connectivity index (χ3n) is 1.72. The Hall–Kier alpha value is -1.20. The van der Waals surface area contributed by atoms with Gasteiger partial charge < -0.3 is 9.47 Å². The third-order valence-corrected chi connectivity index (χ3v) is 2.34. The molecule has 1 aromatic carbocycles. The van der Waals surface area contributed by atoms with E-state index in [4.69, 9.17) is 32.7 Å². The number of nitrogens with zero attached hydrogens (tertiary/aromatic N) is 1. The van der Waals surface area contributed by atoms with Gasteiger partial charge in [0.05, 0.1) is 24.2 Å². The highest BCUT2D eigenvalue weighted by atomic mass is 35.5. The number of nitro benzene ring substituents is 1. The average Bonchev–Trinajstić information content (AvgIpc) is 2.17. The lowest BCUT2D eigenvalue weighted by Crippen LogP contribution is -1.97. The highest BCUT2D eigenvalue weighted by Gasteiger charge is 2.24. The average molecular weight is 252 g/mol. The molecule has 0 saturated heterocycles. The fourth-order valence-electron chi connectivity index (χ4n) is 1.09. The maximum Gasteiger partial charge on any atom is 0.314 e. The first-order valence-electron chi connectivity index (χ1n) is 3.77. The van der Waals surface area contributed by atoms with Gasteiger partial charge >= 0.3 is 5.69 Å². The molecule has 0 fully saturated rings. The van der Waals surface area contributed by atoms with Gasteiger partial charge in [-0.1, -0.05) is 23.2 Å². The fourth-order valence-corrected chi connectivity index (χ4v) is 1.76. The van der Waals surface area contributed by atoms with Crippen LogP contribution in [0.1, 0.15) is 0 Å². The first-order chi connectivity index (χ1) is 7.02. The molecule has 0 saturated carbocycles. The largest absolute Gasteiger partial charge is 0.493 e. The monoisotopic (exact) mass is 251 g/mol. The zero-order valence-corrected chi connectivity index (χ0v) is 9.43. The highest BCUT2D eigenvalue weighted by Crippen LogP contribution is 2.45. The number of benzene rings is 1. The normalized spacial score (nSPS) is 9.87. The van der Waals surface area contributed by atoms with Crippen LogP contribution in [0.4, 0.5) is 5.69 Å². The second kappa shape index (κ2) is 4.55. The molecular formula is C8H7Cl2NO4. The van der Waals surface area contributed by atoms with Crippen LogP contribution in [-0.4, -0.2) is 19.1 Å². The van der Waals surface area contributed by atoms with Crippen molar-refractivity contribution in [3.8, 4) is 11.5 Å². The minimum Gasteiger partial charge on any atom is -0.493 e. The third kappa shape index (κ3) is 2.08. The van der Waals surface area contributed by atoms with Gasteiger partial charge in [0, 0.05) is 6.07 Å². The summed E-state index contributed by atoms with van der Waals surface area (Å²) in [6, 6.07) is 1.13. The molecule has 7 heteroatoms. The maximum atomic E-state index is 10.7. The lowest BCUT2D eigenvalue weighted by atomic mass is 10.2. The molecule has 0 aliphatic carbocycles. The molecule has 1 aromatic rings. The van der Waals surface area contributed by atoms with Gasteiger partial charge in [-0.3, -0.25) is 10.1 Å². The SMILES string of the molecule is COc1c(Cl)cc([N+](=O)[O-])c(OC)c1Cl. The van der Waals surface area contributed by atoms with E-state index in [1.165, 1.54) is 14.2 Å². The van der Waals surface area contributed by atoms with E-state index in [2.05, 4.69) is 0 Å². The zero-order valence-electron chi connectivity index (χ0n) is 7.91. The van der Waals surface area contributed by atoms with E-state index in [1.54, 1.807) is 0 Å². The smallest absolute Gasteiger partial charge is 0.314 e. The minimum atomic E-state index is -0.629. The van der Waals surface area contributed by atoms with Gasteiger partial charge in [-0.15, -0.1) is 0 Å². The highest BCUT2D eigenvalue weighted by molar-refractivity contribution is 6.38. The van der Waals surface area contributed by atoms with Crippen LogP contribution in [0.2, 0.25) is 10.0 Å². The Labute approximate surface area is 95.6 Å². The van der Waals surface area contributed by atoms with Crippen LogP contribution >= 0.6 is 23.2 Å². The van der Waals surface area contributed by atoms with E-state index in [9.17, 15) is 10.1 Å². The van der Waals surface area contributed by atoms with E-state index in [-0.39, 0.29) is 27.2 Å². The number of hydrogen-bond acceptors (Lipinski definition) is 4. The number of nitro groups is 1. The fraction of sp³-hybridized carbons (Fsp3) is 0.250. The van der Waals surface area contributed by atoms with Crippen molar-refractivity contribution in [2.75, 3.05) is 14.2 Å². The summed E-state index contributed by atoms with van der Waals surface area (Å²) in [5, 5.41) is 10.7. The van der Waals surface area contributed by atoms with Crippen molar-refractivity contribution >= 4 is 28.9 Å². The molecule has 0 aromatic heterocycles. The molecule has 1 rings (SSSR count). The van der Waals surface area contributed by atoms with Crippen molar-refractivity contribution < 1.29 is 14.4 Å². The summed E-state index contributed by atoms with van der Waals surface area (Å²) in [4.78, 5) is 10.0. The number of rotatable bonds is 3. The van der Waals surface area contributed by atoms with Gasteiger partial charge in [0.2, 0.25) is 5.75 Å². The van der Waals surface area contributed by atoms with Gasteiger partial charge in [0.1, 0.15) is 5.02 Å². The van der Waals surface area contributed by atoms with Gasteiger partial charge in [0.25, 0.3) is 0 Å². The summed E-state index contributed by atoms with van der Waals surface area (Å²) in [5.74, 6) is 0.0868. The molecule has 0 aliphatic rings. The van der Waals surface area contributed by atoms with Crippen LogP contribution in [0.15, 0.2) is 6.07 Å². The standard InChI is InChI=1S/C8H7Cl2NO4/c1-14-7-4(9)3-5(11(12)13)8(15-2)6(7)10/h3H,1-2H3. The molecule has 0 radical (unpaired) electrons. The Bertz CT molecular complexity index is 408. The molecule has 15 heavy (non-hydrogen) atoms. The Morgan fingerprint density at radius 1 is 1.27 bits per heavy atom. The van der Waals surface area contributed by atoms with Crippen molar-refractivity contribution in [2.24, 2.45) is 0 Å². The summed E-state index contributed by atoms with van der Waals surface area (Å²) < 4.78 is 9.71. The summed E-state index contributed by atoms with van der Waals surface area (Å²) in [5.41, 5.74) is -0.298. The molecule has 0 N–H and O–H groups in total. The van der Waals surface area contributed by atoms with Crippen molar-refractivity contribution in [3.05, 3.63) is 26.2 Å². The van der Waals surface area contributed by atoms with E-state index in [0.29, 0.717) is 0 Å². The summed E-state index contributed by atoms with van der Waals surface area (Å²) >= 11 is 11.6. The summed E-state index contributed by atoms with van der Waals surface area (Å²) in [6.07, 6.45) is 0. The van der Waals surface area contributed by atoms with Crippen molar-refractivity contribution in [1.82, 2.24) is 0 Å². The number of halogens is 2. The van der Waals surface area contributed by atoms with Crippen LogP contribution in [0.3, 0.4) is 0 Å². The Morgan fingerprint density at radius 2 is 1.80 bits per heavy atom. The molecule has 0 unspecified atom stereocenters. The molecule has 0 atom stereocenters. The number of ether oxygens (including phenoxy) is 2. The van der Waals surface area contributed by atoms with E-state index >= 15 is 0 Å². The molecule has 5 nitrogen and oxygen atoms in total. The van der Waals surface area contributed by atoms with E-state index in [1.807, 2.05) is 0 Å². The Balaban J connectivity index is 3.51. The first-order valence-corrected chi connectivity index (χ1v) is 4.52. The van der Waals surface area contributed by atoms with Gasteiger partial charge in [-0.2, -0.15) is 0 Å². The van der Waals surface area contributed by atoms with Gasteiger partial charge in [-0.25, -0.2) is 0 Å². The number of methoxy groups -OCH3 is 2. The van der Waals surface area contributed by atoms with Crippen LogP contribution in [0.5, 0.6) is 11.5 Å². The number of hydrogen-bond donors (Lipinski definition) is 0. The first kappa shape index (κ1) is 11.9. The lowest BCUT2D eigenvalue weighted by Gasteiger charge is -2.09. The molecule has 0 aliphatic heterocycles. The molecule has 0 amide bonds. The van der Waals surface area contributed by atoms with Crippen LogP contribution < -0.4 is 9.47 Å². The summed E-state index contributed by atoms with van der Waals surface area (Å²) in [6.45, 7) is 0. The van der Waals surface area contributed by atoms with Gasteiger partial charge in [0.15, 0.2) is 5.75 Å². The lowest BCUT2D eigenvalue weighted by molar-refractivity contribution is -0.385. The summed E-state index contributed by atoms with van der Waals surface area (Å²) in [7, 11) is 2.64. The molecular weight excluding hydrogens is 245 g/mol. The topological polar surface area (TPSA) is 61.6 Å².